The second kappa shape index (κ2) is 4.59. The van der Waals surface area contributed by atoms with Crippen molar-refractivity contribution >= 4 is 17.9 Å². The minimum Gasteiger partial charge on any atom is -0.490 e. The molecule has 98 valence electrons. The lowest BCUT2D eigenvalue weighted by atomic mass is 9.92. The number of hydrogen-bond donors (Lipinski definition) is 0. The Kier molecular flexibility index (Phi) is 3.28. The second-order valence-electron chi connectivity index (χ2n) is 4.53. The van der Waals surface area contributed by atoms with Crippen LogP contribution in [0.5, 0.6) is 5.75 Å². The molecule has 2 nitrogen and oxygen atoms in total. The molecule has 1 aromatic heterocycles. The van der Waals surface area contributed by atoms with E-state index in [1.165, 1.54) is 10.8 Å². The van der Waals surface area contributed by atoms with Crippen molar-refractivity contribution in [3.8, 4) is 5.75 Å². The molecule has 0 spiro atoms. The number of fused-ring (bicyclic) bond motifs is 1. The summed E-state index contributed by atoms with van der Waals surface area (Å²) in [5.41, 5.74) is 0.548. The molecule has 2 rings (SSSR count). The van der Waals surface area contributed by atoms with Gasteiger partial charge in [0.05, 0.1) is 6.10 Å². The van der Waals surface area contributed by atoms with Crippen molar-refractivity contribution in [2.24, 2.45) is 0 Å². The number of benzene rings is 1. The summed E-state index contributed by atoms with van der Waals surface area (Å²) < 4.78 is 44.2. The fourth-order valence-electron chi connectivity index (χ4n) is 1.93. The van der Waals surface area contributed by atoms with Crippen molar-refractivity contribution < 1.29 is 17.7 Å². The van der Waals surface area contributed by atoms with Gasteiger partial charge in [0.25, 0.3) is 0 Å². The van der Waals surface area contributed by atoms with Crippen LogP contribution in [0.25, 0.3) is 10.9 Å². The molecule has 0 atom stereocenters. The fourth-order valence-corrected chi connectivity index (χ4v) is 1.93. The van der Waals surface area contributed by atoms with E-state index in [1.54, 1.807) is 24.3 Å². The number of rotatable bonds is 4. The van der Waals surface area contributed by atoms with E-state index < -0.39 is 13.4 Å². The van der Waals surface area contributed by atoms with E-state index >= 15 is 0 Å². The highest BCUT2D eigenvalue weighted by Crippen LogP contribution is 2.28. The van der Waals surface area contributed by atoms with Crippen LogP contribution in [0, 0.1) is 0 Å². The Morgan fingerprint density at radius 2 is 1.94 bits per heavy atom. The van der Waals surface area contributed by atoms with E-state index in [0.29, 0.717) is 16.7 Å². The maximum absolute atomic E-state index is 12.5. The van der Waals surface area contributed by atoms with Gasteiger partial charge in [-0.25, -0.2) is 0 Å². The number of ether oxygens (including phenoxy) is 1. The molecule has 0 radical (unpaired) electrons. The maximum atomic E-state index is 12.5. The van der Waals surface area contributed by atoms with E-state index in [9.17, 15) is 12.9 Å². The first-order valence-electron chi connectivity index (χ1n) is 5.82. The van der Waals surface area contributed by atoms with Gasteiger partial charge < -0.3 is 22.3 Å². The van der Waals surface area contributed by atoms with Crippen LogP contribution in [-0.2, 0) is 6.44 Å². The van der Waals surface area contributed by atoms with Crippen LogP contribution < -0.4 is 4.74 Å². The number of nitrogens with zero attached hydrogens (tertiary/aromatic N) is 1. The summed E-state index contributed by atoms with van der Waals surface area (Å²) in [5, 5.41) is 0.714. The van der Waals surface area contributed by atoms with Crippen LogP contribution in [0.3, 0.4) is 0 Å². The molecule has 0 bridgehead atoms. The molecule has 0 unspecified atom stereocenters. The van der Waals surface area contributed by atoms with Gasteiger partial charge in [-0.3, -0.25) is 0 Å². The molecule has 0 amide bonds. The Bertz CT molecular complexity index is 548. The van der Waals surface area contributed by atoms with Gasteiger partial charge in [-0.05, 0) is 38.5 Å². The zero-order chi connectivity index (χ0) is 13.3. The normalized spacial score (nSPS) is 12.3. The molecule has 0 aliphatic carbocycles. The highest BCUT2D eigenvalue weighted by Gasteiger charge is 2.24. The van der Waals surface area contributed by atoms with Gasteiger partial charge in [-0.15, -0.1) is 0 Å². The van der Waals surface area contributed by atoms with Crippen molar-refractivity contribution in [3.05, 3.63) is 30.5 Å². The van der Waals surface area contributed by atoms with Crippen LogP contribution >= 0.6 is 0 Å². The topological polar surface area (TPSA) is 14.2 Å². The number of halogens is 3. The standard InChI is InChI=1S/C12H14BF3NO/c1-9(2)18-12-5-3-4-11-10(12)6-7-17(11)8-13(14,15)16/h3-7,9H,8H2,1-2H3/q-1. The Morgan fingerprint density at radius 1 is 1.22 bits per heavy atom. The van der Waals surface area contributed by atoms with Crippen LogP contribution in [0.2, 0.25) is 0 Å². The highest BCUT2D eigenvalue weighted by atomic mass is 19.4. The van der Waals surface area contributed by atoms with Gasteiger partial charge in [0, 0.05) is 17.1 Å². The first kappa shape index (κ1) is 12.9. The van der Waals surface area contributed by atoms with E-state index in [-0.39, 0.29) is 6.10 Å². The first-order valence-corrected chi connectivity index (χ1v) is 5.82. The molecule has 0 aliphatic heterocycles. The molecule has 0 aliphatic rings. The van der Waals surface area contributed by atoms with Crippen molar-refractivity contribution in [1.82, 2.24) is 4.57 Å². The van der Waals surface area contributed by atoms with Crippen molar-refractivity contribution in [2.45, 2.75) is 26.4 Å². The minimum absolute atomic E-state index is 0.00853. The largest absolute Gasteiger partial charge is 0.497 e. The smallest absolute Gasteiger partial charge is 0.490 e. The van der Waals surface area contributed by atoms with Gasteiger partial charge in [-0.1, -0.05) is 6.07 Å². The quantitative estimate of drug-likeness (QED) is 0.758. The van der Waals surface area contributed by atoms with Gasteiger partial charge in [0.1, 0.15) is 5.75 Å². The zero-order valence-corrected chi connectivity index (χ0v) is 10.2. The molecule has 0 fully saturated rings. The molecule has 1 heterocycles. The van der Waals surface area contributed by atoms with Gasteiger partial charge in [0.2, 0.25) is 0 Å². The molecule has 6 heteroatoms. The minimum atomic E-state index is -4.84. The lowest BCUT2D eigenvalue weighted by Gasteiger charge is -2.16. The van der Waals surface area contributed by atoms with E-state index in [4.69, 9.17) is 4.74 Å². The molecular formula is C12H14BF3NO-. The Morgan fingerprint density at radius 3 is 2.56 bits per heavy atom. The lowest BCUT2D eigenvalue weighted by Crippen LogP contribution is -2.23. The Balaban J connectivity index is 2.42. The fraction of sp³-hybridized carbons (Fsp3) is 0.333. The Hall–Kier alpha value is -1.59. The van der Waals surface area contributed by atoms with Gasteiger partial charge in [0.15, 0.2) is 0 Å². The summed E-state index contributed by atoms with van der Waals surface area (Å²) in [6.07, 6.45) is 0.521. The second-order valence-corrected chi connectivity index (χ2v) is 4.53. The summed E-state index contributed by atoms with van der Waals surface area (Å²) >= 11 is 0. The maximum Gasteiger partial charge on any atom is 0.497 e. The van der Waals surface area contributed by atoms with Crippen LogP contribution in [0.4, 0.5) is 12.9 Å². The summed E-state index contributed by atoms with van der Waals surface area (Å²) in [6.45, 7) is -1.08. The van der Waals surface area contributed by atoms with Gasteiger partial charge in [-0.2, -0.15) is 0 Å². The van der Waals surface area contributed by atoms with E-state index in [1.807, 2.05) is 13.8 Å². The van der Waals surface area contributed by atoms with Gasteiger partial charge >= 0.3 is 6.98 Å². The summed E-state index contributed by atoms with van der Waals surface area (Å²) in [4.78, 5) is 0. The van der Waals surface area contributed by atoms with Crippen molar-refractivity contribution in [2.75, 3.05) is 0 Å². The molecule has 2 aromatic rings. The molecular weight excluding hydrogens is 242 g/mol. The third kappa shape index (κ3) is 2.80. The zero-order valence-electron chi connectivity index (χ0n) is 10.2. The highest BCUT2D eigenvalue weighted by molar-refractivity contribution is 6.57. The molecule has 0 saturated heterocycles. The van der Waals surface area contributed by atoms with Crippen molar-refractivity contribution in [3.63, 3.8) is 0 Å². The predicted molar refractivity (Wildman–Crippen MR) is 66.8 cm³/mol. The summed E-state index contributed by atoms with van der Waals surface area (Å²) in [7, 11) is 0. The Labute approximate surface area is 103 Å². The molecule has 0 saturated carbocycles. The van der Waals surface area contributed by atoms with Crippen LogP contribution in [-0.4, -0.2) is 17.6 Å². The van der Waals surface area contributed by atoms with Crippen LogP contribution in [0.1, 0.15) is 13.8 Å². The van der Waals surface area contributed by atoms with E-state index in [2.05, 4.69) is 0 Å². The van der Waals surface area contributed by atoms with E-state index in [0.717, 1.165) is 0 Å². The number of hydrogen-bond acceptors (Lipinski definition) is 1. The summed E-state index contributed by atoms with van der Waals surface area (Å²) in [5.74, 6) is 0.621. The van der Waals surface area contributed by atoms with Crippen molar-refractivity contribution in [1.29, 1.82) is 0 Å². The van der Waals surface area contributed by atoms with Crippen LogP contribution in [0.15, 0.2) is 30.5 Å². The molecule has 0 N–H and O–H groups in total. The third-order valence-corrected chi connectivity index (χ3v) is 2.54. The number of aromatic nitrogens is 1. The third-order valence-electron chi connectivity index (χ3n) is 2.54. The molecule has 1 aromatic carbocycles. The average Bonchev–Trinajstić information content (AvgIpc) is 2.59. The monoisotopic (exact) mass is 256 g/mol. The SMILES string of the molecule is CC(C)Oc1cccc2c1ccn2C[B-](F)(F)F. The predicted octanol–water partition coefficient (Wildman–Crippen LogP) is 3.82. The summed E-state index contributed by atoms with van der Waals surface area (Å²) in [6, 6.07) is 6.81. The average molecular weight is 256 g/mol. The first-order chi connectivity index (χ1) is 8.37. The molecule has 18 heavy (non-hydrogen) atoms. The lowest BCUT2D eigenvalue weighted by molar-refractivity contribution is 0.245.